The Bertz CT molecular complexity index is 454. The number of rotatable bonds is 5. The monoisotopic (exact) mass is 295 g/mol. The van der Waals surface area contributed by atoms with Crippen molar-refractivity contribution in [3.63, 3.8) is 0 Å². The average molecular weight is 295 g/mol. The maximum Gasteiger partial charge on any atom is 0.331 e. The summed E-state index contributed by atoms with van der Waals surface area (Å²) in [5, 5.41) is 0.381. The normalized spacial score (nSPS) is 25.1. The van der Waals surface area contributed by atoms with E-state index in [9.17, 15) is 4.79 Å². The van der Waals surface area contributed by atoms with Gasteiger partial charge in [-0.3, -0.25) is 0 Å². The van der Waals surface area contributed by atoms with E-state index in [0.29, 0.717) is 11.0 Å². The second-order valence-corrected chi connectivity index (χ2v) is 6.27. The van der Waals surface area contributed by atoms with Crippen LogP contribution in [0.1, 0.15) is 18.9 Å². The van der Waals surface area contributed by atoms with Crippen molar-refractivity contribution in [2.24, 2.45) is 5.73 Å². The summed E-state index contributed by atoms with van der Waals surface area (Å²) >= 11 is 1.69. The quantitative estimate of drug-likeness (QED) is 0.841. The lowest BCUT2D eigenvalue weighted by molar-refractivity contribution is -0.146. The van der Waals surface area contributed by atoms with Crippen LogP contribution >= 0.6 is 11.8 Å². The lowest BCUT2D eigenvalue weighted by Crippen LogP contribution is -2.48. The second-order valence-electron chi connectivity index (χ2n) is 5.04. The zero-order chi connectivity index (χ0) is 14.6. The van der Waals surface area contributed by atoms with Crippen LogP contribution in [-0.2, 0) is 19.8 Å². The minimum Gasteiger partial charge on any atom is -0.467 e. The Kier molecular flexibility index (Phi) is 5.07. The number of carbonyl (C=O) groups is 1. The van der Waals surface area contributed by atoms with E-state index in [1.165, 1.54) is 7.11 Å². The minimum atomic E-state index is -1.11. The van der Waals surface area contributed by atoms with Crippen molar-refractivity contribution in [1.82, 2.24) is 0 Å². The number of benzene rings is 1. The molecule has 1 saturated heterocycles. The molecule has 1 fully saturated rings. The van der Waals surface area contributed by atoms with Crippen molar-refractivity contribution in [2.75, 3.05) is 19.5 Å². The zero-order valence-electron chi connectivity index (χ0n) is 11.9. The smallest absolute Gasteiger partial charge is 0.331 e. The van der Waals surface area contributed by atoms with Crippen LogP contribution in [0.2, 0.25) is 0 Å². The van der Waals surface area contributed by atoms with Crippen LogP contribution in [0, 0.1) is 0 Å². The summed E-state index contributed by atoms with van der Waals surface area (Å²) in [6.45, 7) is 2.84. The first-order valence-electron chi connectivity index (χ1n) is 6.74. The van der Waals surface area contributed by atoms with Crippen LogP contribution in [-0.4, -0.2) is 36.8 Å². The minimum absolute atomic E-state index is 0.206. The molecule has 0 aliphatic carbocycles. The van der Waals surface area contributed by atoms with Gasteiger partial charge in [0.15, 0.2) is 0 Å². The average Bonchev–Trinajstić information content (AvgIpc) is 2.90. The van der Waals surface area contributed by atoms with E-state index in [-0.39, 0.29) is 6.10 Å². The van der Waals surface area contributed by atoms with Gasteiger partial charge in [-0.1, -0.05) is 30.3 Å². The number of thioether (sulfide) groups is 1. The van der Waals surface area contributed by atoms with Crippen molar-refractivity contribution in [3.05, 3.63) is 35.9 Å². The summed E-state index contributed by atoms with van der Waals surface area (Å²) in [5.74, 6) is 0.0879. The van der Waals surface area contributed by atoms with Crippen LogP contribution in [0.15, 0.2) is 30.3 Å². The lowest BCUT2D eigenvalue weighted by atomic mass is 9.93. The molecule has 2 rings (SSSR count). The topological polar surface area (TPSA) is 61.5 Å². The molecule has 0 spiro atoms. The molecule has 0 aromatic heterocycles. The Balaban J connectivity index is 2.13. The molecule has 1 aliphatic rings. The Morgan fingerprint density at radius 1 is 1.50 bits per heavy atom. The number of carbonyl (C=O) groups excluding carboxylic acids is 1. The van der Waals surface area contributed by atoms with E-state index in [0.717, 1.165) is 18.6 Å². The number of methoxy groups -OCH3 is 1. The van der Waals surface area contributed by atoms with Crippen LogP contribution < -0.4 is 5.73 Å². The van der Waals surface area contributed by atoms with Crippen molar-refractivity contribution in [3.8, 4) is 0 Å². The van der Waals surface area contributed by atoms with Gasteiger partial charge in [0.25, 0.3) is 0 Å². The molecular weight excluding hydrogens is 274 g/mol. The summed E-state index contributed by atoms with van der Waals surface area (Å²) in [4.78, 5) is 12.1. The van der Waals surface area contributed by atoms with Gasteiger partial charge in [0.05, 0.1) is 13.2 Å². The maximum absolute atomic E-state index is 12.1. The van der Waals surface area contributed by atoms with E-state index < -0.39 is 11.5 Å². The first-order chi connectivity index (χ1) is 9.58. The van der Waals surface area contributed by atoms with E-state index >= 15 is 0 Å². The van der Waals surface area contributed by atoms with Gasteiger partial charge in [-0.25, -0.2) is 4.79 Å². The van der Waals surface area contributed by atoms with Crippen LogP contribution in [0.5, 0.6) is 0 Å². The fraction of sp³-hybridized carbons (Fsp3) is 0.533. The van der Waals surface area contributed by atoms with Crippen molar-refractivity contribution in [2.45, 2.75) is 30.2 Å². The molecule has 4 nitrogen and oxygen atoms in total. The predicted molar refractivity (Wildman–Crippen MR) is 80.6 cm³/mol. The predicted octanol–water partition coefficient (Wildman–Crippen LogP) is 1.92. The Labute approximate surface area is 124 Å². The highest BCUT2D eigenvalue weighted by Crippen LogP contribution is 2.32. The summed E-state index contributed by atoms with van der Waals surface area (Å²) in [6, 6.07) is 9.40. The van der Waals surface area contributed by atoms with Gasteiger partial charge in [-0.2, -0.15) is 11.8 Å². The highest BCUT2D eigenvalue weighted by atomic mass is 32.2. The second kappa shape index (κ2) is 6.61. The van der Waals surface area contributed by atoms with E-state index in [1.54, 1.807) is 11.8 Å². The lowest BCUT2D eigenvalue weighted by Gasteiger charge is -2.28. The molecule has 1 aromatic carbocycles. The van der Waals surface area contributed by atoms with E-state index in [1.807, 2.05) is 30.3 Å². The van der Waals surface area contributed by atoms with Crippen molar-refractivity contribution in [1.29, 1.82) is 0 Å². The first-order valence-corrected chi connectivity index (χ1v) is 7.79. The van der Waals surface area contributed by atoms with Gasteiger partial charge in [-0.05, 0) is 18.9 Å². The first kappa shape index (κ1) is 15.4. The third-order valence-electron chi connectivity index (χ3n) is 3.67. The summed E-state index contributed by atoms with van der Waals surface area (Å²) in [6.07, 6.45) is 1.20. The van der Waals surface area contributed by atoms with Gasteiger partial charge in [0, 0.05) is 17.6 Å². The zero-order valence-corrected chi connectivity index (χ0v) is 12.7. The van der Waals surface area contributed by atoms with Gasteiger partial charge < -0.3 is 15.2 Å². The Hall–Kier alpha value is -1.04. The fourth-order valence-corrected chi connectivity index (χ4v) is 3.72. The highest BCUT2D eigenvalue weighted by Gasteiger charge is 2.39. The molecule has 3 unspecified atom stereocenters. The summed E-state index contributed by atoms with van der Waals surface area (Å²) < 4.78 is 10.4. The van der Waals surface area contributed by atoms with Gasteiger partial charge in [-0.15, -0.1) is 0 Å². The molecule has 0 bridgehead atoms. The number of esters is 1. The molecular formula is C15H21NO3S. The molecule has 5 heteroatoms. The van der Waals surface area contributed by atoms with Crippen LogP contribution in [0.3, 0.4) is 0 Å². The SMILES string of the molecule is COC(=O)C(N)(CSC1CCOC1C)c1ccccc1. The third-order valence-corrected chi connectivity index (χ3v) is 5.34. The third kappa shape index (κ3) is 3.16. The molecule has 1 aliphatic heterocycles. The maximum atomic E-state index is 12.1. The number of hydrogen-bond acceptors (Lipinski definition) is 5. The number of ether oxygens (including phenoxy) is 2. The molecule has 110 valence electrons. The van der Waals surface area contributed by atoms with Gasteiger partial charge in [0.2, 0.25) is 0 Å². The number of nitrogens with two attached hydrogens (primary N) is 1. The molecule has 1 aromatic rings. The Morgan fingerprint density at radius 2 is 2.20 bits per heavy atom. The molecule has 1 heterocycles. The summed E-state index contributed by atoms with van der Waals surface area (Å²) in [7, 11) is 1.37. The fourth-order valence-electron chi connectivity index (χ4n) is 2.35. The summed E-state index contributed by atoms with van der Waals surface area (Å²) in [5.41, 5.74) is 6.04. The van der Waals surface area contributed by atoms with Crippen molar-refractivity contribution < 1.29 is 14.3 Å². The molecule has 3 atom stereocenters. The van der Waals surface area contributed by atoms with E-state index in [4.69, 9.17) is 15.2 Å². The van der Waals surface area contributed by atoms with Gasteiger partial charge >= 0.3 is 5.97 Å². The Morgan fingerprint density at radius 3 is 2.75 bits per heavy atom. The molecule has 0 saturated carbocycles. The van der Waals surface area contributed by atoms with Gasteiger partial charge in [0.1, 0.15) is 5.54 Å². The van der Waals surface area contributed by atoms with Crippen LogP contribution in [0.4, 0.5) is 0 Å². The largest absolute Gasteiger partial charge is 0.467 e. The molecule has 0 amide bonds. The van der Waals surface area contributed by atoms with E-state index in [2.05, 4.69) is 6.92 Å². The standard InChI is InChI=1S/C15H21NO3S/c1-11-13(8-9-19-11)20-10-15(16,14(17)18-2)12-6-4-3-5-7-12/h3-7,11,13H,8-10,16H2,1-2H3. The highest BCUT2D eigenvalue weighted by molar-refractivity contribution is 8.00. The molecule has 2 N–H and O–H groups in total. The number of hydrogen-bond donors (Lipinski definition) is 1. The van der Waals surface area contributed by atoms with Crippen LogP contribution in [0.25, 0.3) is 0 Å². The van der Waals surface area contributed by atoms with Crippen molar-refractivity contribution >= 4 is 17.7 Å². The molecule has 0 radical (unpaired) electrons. The molecule has 20 heavy (non-hydrogen) atoms.